The third kappa shape index (κ3) is 11.6. The van der Waals surface area contributed by atoms with Crippen molar-refractivity contribution < 1.29 is 54.4 Å². The molecular weight excluding hydrogens is 671 g/mol. The maximum absolute atomic E-state index is 13.7. The smallest absolute Gasteiger partial charge is 0.445 e. The van der Waals surface area contributed by atoms with Crippen molar-refractivity contribution >= 4 is 28.2 Å². The molecule has 1 saturated heterocycles. The number of carbonyl (C=O) groups is 3. The normalized spacial score (nSPS) is 14.4. The average Bonchev–Trinajstić information content (AvgIpc) is 3.03. The molecule has 0 aromatic heterocycles. The number of piperazine rings is 1. The minimum absolute atomic E-state index is 0.000746. The van der Waals surface area contributed by atoms with E-state index in [1.165, 1.54) is 34.1 Å². The highest BCUT2D eigenvalue weighted by molar-refractivity contribution is 7.87. The summed E-state index contributed by atoms with van der Waals surface area (Å²) in [6, 6.07) is 17.1. The van der Waals surface area contributed by atoms with Gasteiger partial charge in [-0.2, -0.15) is 8.42 Å². The fraction of sp³-hybridized carbons (Fsp3) is 0.364. The first-order chi connectivity index (χ1) is 23.0. The van der Waals surface area contributed by atoms with E-state index in [0.717, 1.165) is 29.8 Å². The highest BCUT2D eigenvalue weighted by Gasteiger charge is 2.33. The Morgan fingerprint density at radius 2 is 1.37 bits per heavy atom. The van der Waals surface area contributed by atoms with Gasteiger partial charge in [-0.3, -0.25) is 4.79 Å². The third-order valence-corrected chi connectivity index (χ3v) is 8.22. The van der Waals surface area contributed by atoms with Crippen LogP contribution in [0.25, 0.3) is 0 Å². The van der Waals surface area contributed by atoms with Crippen molar-refractivity contribution in [2.75, 3.05) is 26.2 Å². The molecule has 1 aliphatic rings. The summed E-state index contributed by atoms with van der Waals surface area (Å²) >= 11 is 0. The third-order valence-electron chi connectivity index (χ3n) is 6.96. The second-order valence-electron chi connectivity index (χ2n) is 12.0. The van der Waals surface area contributed by atoms with Crippen molar-refractivity contribution in [1.82, 2.24) is 15.1 Å². The lowest BCUT2D eigenvalue weighted by molar-refractivity contribution is -0.274. The van der Waals surface area contributed by atoms with Gasteiger partial charge in [0.05, 0.1) is 0 Å². The van der Waals surface area contributed by atoms with Gasteiger partial charge in [-0.1, -0.05) is 42.5 Å². The lowest BCUT2D eigenvalue weighted by Crippen LogP contribution is -2.56. The van der Waals surface area contributed by atoms with Crippen LogP contribution in [0.1, 0.15) is 31.9 Å². The van der Waals surface area contributed by atoms with Crippen LogP contribution in [0.5, 0.6) is 11.5 Å². The van der Waals surface area contributed by atoms with E-state index in [1.807, 2.05) is 6.07 Å². The number of rotatable bonds is 10. The quantitative estimate of drug-likeness (QED) is 0.279. The molecule has 0 spiro atoms. The van der Waals surface area contributed by atoms with Gasteiger partial charge in [-0.25, -0.2) is 9.59 Å². The number of nitrogens with one attached hydrogen (secondary N) is 1. The zero-order chi connectivity index (χ0) is 35.8. The van der Waals surface area contributed by atoms with E-state index in [0.29, 0.717) is 5.56 Å². The van der Waals surface area contributed by atoms with E-state index in [1.54, 1.807) is 45.0 Å². The Morgan fingerprint density at radius 1 is 0.796 bits per heavy atom. The van der Waals surface area contributed by atoms with Crippen molar-refractivity contribution in [3.05, 3.63) is 90.0 Å². The molecule has 1 N–H and O–H groups in total. The van der Waals surface area contributed by atoms with Crippen LogP contribution in [0.3, 0.4) is 0 Å². The topological polar surface area (TPSA) is 141 Å². The molecule has 3 aromatic carbocycles. The van der Waals surface area contributed by atoms with Crippen molar-refractivity contribution in [1.29, 1.82) is 0 Å². The fourth-order valence-electron chi connectivity index (χ4n) is 4.66. The molecule has 0 aliphatic carbocycles. The predicted molar refractivity (Wildman–Crippen MR) is 169 cm³/mol. The number of alkyl carbamates (subject to hydrolysis) is 1. The van der Waals surface area contributed by atoms with Gasteiger partial charge in [-0.15, -0.1) is 13.2 Å². The summed E-state index contributed by atoms with van der Waals surface area (Å²) in [7, 11) is -4.41. The molecule has 1 fully saturated rings. The van der Waals surface area contributed by atoms with E-state index >= 15 is 0 Å². The molecule has 0 unspecified atom stereocenters. The van der Waals surface area contributed by atoms with Crippen LogP contribution in [0, 0.1) is 0 Å². The van der Waals surface area contributed by atoms with Crippen LogP contribution in [0.15, 0.2) is 83.8 Å². The van der Waals surface area contributed by atoms with Crippen LogP contribution in [-0.4, -0.2) is 80.5 Å². The molecule has 4 rings (SSSR count). The Kier molecular flexibility index (Phi) is 11.6. The van der Waals surface area contributed by atoms with Crippen molar-refractivity contribution in [3.8, 4) is 11.5 Å². The van der Waals surface area contributed by atoms with Crippen LogP contribution in [0.2, 0.25) is 0 Å². The number of nitrogens with zero attached hydrogens (tertiary/aromatic N) is 2. The first-order valence-electron chi connectivity index (χ1n) is 15.1. The molecule has 3 amide bonds. The second kappa shape index (κ2) is 15.5. The van der Waals surface area contributed by atoms with Crippen LogP contribution < -0.4 is 14.2 Å². The highest BCUT2D eigenvalue weighted by atomic mass is 32.2. The van der Waals surface area contributed by atoms with Gasteiger partial charge in [0.2, 0.25) is 5.91 Å². The zero-order valence-corrected chi connectivity index (χ0v) is 27.8. The molecule has 12 nitrogen and oxygen atoms in total. The van der Waals surface area contributed by atoms with Gasteiger partial charge in [0.25, 0.3) is 0 Å². The minimum Gasteiger partial charge on any atom is -0.445 e. The molecule has 3 aromatic rings. The number of benzene rings is 3. The summed E-state index contributed by atoms with van der Waals surface area (Å²) in [6.07, 6.45) is -6.25. The van der Waals surface area contributed by atoms with Crippen molar-refractivity contribution in [3.63, 3.8) is 0 Å². The number of carbonyl (C=O) groups excluding carboxylic acids is 3. The number of hydrogen-bond acceptors (Lipinski definition) is 9. The number of alkyl halides is 3. The lowest BCUT2D eigenvalue weighted by atomic mass is 10.0. The maximum atomic E-state index is 13.7. The van der Waals surface area contributed by atoms with Gasteiger partial charge in [0, 0.05) is 32.6 Å². The number of ether oxygens (including phenoxy) is 3. The fourth-order valence-corrected chi connectivity index (χ4v) is 5.59. The number of hydrogen-bond donors (Lipinski definition) is 1. The Morgan fingerprint density at radius 3 is 1.94 bits per heavy atom. The standard InChI is InChI=1S/C33H36F3N3O9S/c1-32(2,3)47-31(42)39-19-17-38(18-20-39)29(40)28(37-30(41)45-22-24-7-5-4-6-8-24)21-23-9-11-26(12-10-23)48-49(43,44)27-15-13-25(14-16-27)46-33(34,35)36/h4-16,28H,17-22H2,1-3H3,(H,37,41)/t28-/m0/s1. The molecule has 1 atom stereocenters. The summed E-state index contributed by atoms with van der Waals surface area (Å²) in [4.78, 5) is 41.6. The van der Waals surface area contributed by atoms with Gasteiger partial charge in [0.1, 0.15) is 34.6 Å². The van der Waals surface area contributed by atoms with E-state index in [4.69, 9.17) is 13.7 Å². The van der Waals surface area contributed by atoms with E-state index in [2.05, 4.69) is 10.1 Å². The summed E-state index contributed by atoms with van der Waals surface area (Å²) in [5.74, 6) is -1.11. The molecular formula is C33H36F3N3O9S. The minimum atomic E-state index is -4.93. The monoisotopic (exact) mass is 707 g/mol. The average molecular weight is 708 g/mol. The molecule has 1 heterocycles. The molecule has 0 radical (unpaired) electrons. The summed E-state index contributed by atoms with van der Waals surface area (Å²) in [5, 5.41) is 2.63. The molecule has 16 heteroatoms. The van der Waals surface area contributed by atoms with Crippen LogP contribution >= 0.6 is 0 Å². The van der Waals surface area contributed by atoms with Crippen LogP contribution in [0.4, 0.5) is 22.8 Å². The molecule has 0 saturated carbocycles. The van der Waals surface area contributed by atoms with Gasteiger partial charge in [-0.05, 0) is 68.3 Å². The van der Waals surface area contributed by atoms with E-state index < -0.39 is 56.9 Å². The van der Waals surface area contributed by atoms with Crippen LogP contribution in [-0.2, 0) is 37.4 Å². The van der Waals surface area contributed by atoms with Gasteiger partial charge >= 0.3 is 28.7 Å². The SMILES string of the molecule is CC(C)(C)OC(=O)N1CCN(C(=O)[C@H](Cc2ccc(OS(=O)(=O)c3ccc(OC(F)(F)F)cc3)cc2)NC(=O)OCc2ccccc2)CC1. The van der Waals surface area contributed by atoms with Gasteiger partial charge in [0.15, 0.2) is 0 Å². The van der Waals surface area contributed by atoms with E-state index in [-0.39, 0.29) is 45.0 Å². The largest absolute Gasteiger partial charge is 0.573 e. The van der Waals surface area contributed by atoms with Crippen molar-refractivity contribution in [2.24, 2.45) is 0 Å². The number of halogens is 3. The molecule has 1 aliphatic heterocycles. The zero-order valence-electron chi connectivity index (χ0n) is 26.9. The Bertz CT molecular complexity index is 1690. The lowest BCUT2D eigenvalue weighted by Gasteiger charge is -2.37. The predicted octanol–water partition coefficient (Wildman–Crippen LogP) is 5.27. The Labute approximate surface area is 281 Å². The molecule has 264 valence electrons. The van der Waals surface area contributed by atoms with Gasteiger partial charge < -0.3 is 33.5 Å². The van der Waals surface area contributed by atoms with E-state index in [9.17, 15) is 36.0 Å². The maximum Gasteiger partial charge on any atom is 0.573 e. The Hall–Kier alpha value is -4.99. The summed E-state index contributed by atoms with van der Waals surface area (Å²) in [6.45, 7) is 6.10. The summed E-state index contributed by atoms with van der Waals surface area (Å²) < 4.78 is 82.4. The molecule has 49 heavy (non-hydrogen) atoms. The summed E-state index contributed by atoms with van der Waals surface area (Å²) in [5.41, 5.74) is 0.604. The number of amides is 3. The molecule has 0 bridgehead atoms. The first kappa shape index (κ1) is 36.8. The van der Waals surface area contributed by atoms with Crippen molar-refractivity contribution in [2.45, 2.75) is 56.7 Å². The first-order valence-corrected chi connectivity index (χ1v) is 16.5. The Balaban J connectivity index is 1.42. The second-order valence-corrected chi connectivity index (χ2v) is 13.5. The highest BCUT2D eigenvalue weighted by Crippen LogP contribution is 2.26.